The number of halogens is 4. The van der Waals surface area contributed by atoms with Crippen LogP contribution in [0.25, 0.3) is 33.9 Å². The van der Waals surface area contributed by atoms with E-state index in [1.165, 1.54) is 12.1 Å². The van der Waals surface area contributed by atoms with Gasteiger partial charge in [-0.3, -0.25) is 0 Å². The number of allylic oxidation sites excluding steroid dienone is 1. The predicted octanol–water partition coefficient (Wildman–Crippen LogP) is 7.35. The summed E-state index contributed by atoms with van der Waals surface area (Å²) >= 11 is 5.70. The van der Waals surface area contributed by atoms with Gasteiger partial charge in [0.1, 0.15) is 11.5 Å². The molecular weight excluding hydrogens is 455 g/mol. The lowest BCUT2D eigenvalue weighted by Gasteiger charge is -2.10. The zero-order valence-corrected chi connectivity index (χ0v) is 17.7. The van der Waals surface area contributed by atoms with E-state index in [2.05, 4.69) is 4.98 Å². The molecule has 4 nitrogen and oxygen atoms in total. The molecule has 33 heavy (non-hydrogen) atoms. The normalized spacial score (nSPS) is 14.7. The predicted molar refractivity (Wildman–Crippen MR) is 119 cm³/mol. The number of rotatable bonds is 3. The van der Waals surface area contributed by atoms with Crippen LogP contribution in [0.2, 0.25) is 5.02 Å². The van der Waals surface area contributed by atoms with Crippen molar-refractivity contribution in [2.75, 3.05) is 0 Å². The third kappa shape index (κ3) is 3.78. The van der Waals surface area contributed by atoms with Crippen molar-refractivity contribution < 1.29 is 27.5 Å². The Labute approximate surface area is 190 Å². The highest BCUT2D eigenvalue weighted by Crippen LogP contribution is 2.39. The average Bonchev–Trinajstić information content (AvgIpc) is 3.39. The summed E-state index contributed by atoms with van der Waals surface area (Å²) in [4.78, 5) is 16.6. The van der Waals surface area contributed by atoms with Gasteiger partial charge in [-0.05, 0) is 66.5 Å². The number of aromatic nitrogens is 1. The van der Waals surface area contributed by atoms with Gasteiger partial charge in [0.15, 0.2) is 0 Å². The molecule has 1 aliphatic rings. The Morgan fingerprint density at radius 1 is 1.09 bits per heavy atom. The Balaban J connectivity index is 1.55. The summed E-state index contributed by atoms with van der Waals surface area (Å²) in [6, 6.07) is 13.9. The van der Waals surface area contributed by atoms with Gasteiger partial charge in [-0.2, -0.15) is 13.2 Å². The van der Waals surface area contributed by atoms with Crippen LogP contribution in [0.5, 0.6) is 0 Å². The lowest BCUT2D eigenvalue weighted by Crippen LogP contribution is -2.05. The second-order valence-electron chi connectivity index (χ2n) is 7.70. The Morgan fingerprint density at radius 2 is 1.88 bits per heavy atom. The molecule has 8 heteroatoms. The van der Waals surface area contributed by atoms with Gasteiger partial charge in [-0.1, -0.05) is 29.8 Å². The molecule has 0 saturated heterocycles. The van der Waals surface area contributed by atoms with E-state index in [-0.39, 0.29) is 21.9 Å². The zero-order valence-electron chi connectivity index (χ0n) is 16.9. The third-order valence-corrected chi connectivity index (χ3v) is 5.98. The number of carboxylic acid groups (broad SMARTS) is 1. The van der Waals surface area contributed by atoms with Crippen molar-refractivity contribution in [2.24, 2.45) is 0 Å². The van der Waals surface area contributed by atoms with E-state index in [9.17, 15) is 23.1 Å². The van der Waals surface area contributed by atoms with Crippen molar-refractivity contribution in [1.82, 2.24) is 4.98 Å². The number of alkyl halides is 3. The Morgan fingerprint density at radius 3 is 2.64 bits per heavy atom. The lowest BCUT2D eigenvalue weighted by molar-refractivity contribution is -0.137. The Hall–Kier alpha value is -3.58. The first-order valence-corrected chi connectivity index (χ1v) is 10.4. The van der Waals surface area contributed by atoms with Crippen LogP contribution in [0.4, 0.5) is 13.2 Å². The first-order valence-electron chi connectivity index (χ1n) is 10.0. The topological polar surface area (TPSA) is 63.3 Å². The average molecular weight is 470 g/mol. The highest BCUT2D eigenvalue weighted by Gasteiger charge is 2.33. The smallest absolute Gasteiger partial charge is 0.417 e. The number of carboxylic acids is 1. The quantitative estimate of drug-likeness (QED) is 0.340. The van der Waals surface area contributed by atoms with Gasteiger partial charge in [0.2, 0.25) is 0 Å². The SMILES string of the molecule is O=C(O)c1c2c(nc3ccccc13)/C(=C/c1ccc(-c3ccc(Cl)c(C(F)(F)F)c3)o1)CC2. The number of fused-ring (bicyclic) bond motifs is 2. The van der Waals surface area contributed by atoms with Gasteiger partial charge in [0.25, 0.3) is 0 Å². The fourth-order valence-corrected chi connectivity index (χ4v) is 4.40. The van der Waals surface area contributed by atoms with Crippen molar-refractivity contribution in [1.29, 1.82) is 0 Å². The van der Waals surface area contributed by atoms with Crippen molar-refractivity contribution >= 4 is 40.1 Å². The molecule has 1 N–H and O–H groups in total. The maximum Gasteiger partial charge on any atom is 0.417 e. The van der Waals surface area contributed by atoms with Crippen molar-refractivity contribution in [3.63, 3.8) is 0 Å². The minimum Gasteiger partial charge on any atom is -0.478 e. The van der Waals surface area contributed by atoms with Gasteiger partial charge >= 0.3 is 12.1 Å². The van der Waals surface area contributed by atoms with Crippen molar-refractivity contribution in [2.45, 2.75) is 19.0 Å². The minimum absolute atomic E-state index is 0.250. The van der Waals surface area contributed by atoms with E-state index in [0.29, 0.717) is 40.8 Å². The van der Waals surface area contributed by atoms with E-state index in [1.54, 1.807) is 42.5 Å². The summed E-state index contributed by atoms with van der Waals surface area (Å²) in [6.07, 6.45) is -1.72. The number of hydrogen-bond acceptors (Lipinski definition) is 3. The second-order valence-corrected chi connectivity index (χ2v) is 8.11. The van der Waals surface area contributed by atoms with Crippen LogP contribution < -0.4 is 0 Å². The number of benzene rings is 2. The highest BCUT2D eigenvalue weighted by atomic mass is 35.5. The van der Waals surface area contributed by atoms with Crippen LogP contribution in [0.1, 0.15) is 39.4 Å². The molecule has 2 aromatic heterocycles. The summed E-state index contributed by atoms with van der Waals surface area (Å²) in [6.45, 7) is 0. The van der Waals surface area contributed by atoms with Crippen LogP contribution in [0.3, 0.4) is 0 Å². The number of carbonyl (C=O) groups is 1. The largest absolute Gasteiger partial charge is 0.478 e. The van der Waals surface area contributed by atoms with Crippen LogP contribution in [-0.2, 0) is 12.6 Å². The summed E-state index contributed by atoms with van der Waals surface area (Å²) < 4.78 is 45.4. The molecule has 0 atom stereocenters. The van der Waals surface area contributed by atoms with E-state index in [1.807, 2.05) is 0 Å². The molecule has 2 heterocycles. The maximum absolute atomic E-state index is 13.2. The molecule has 166 valence electrons. The molecule has 1 aliphatic carbocycles. The van der Waals surface area contributed by atoms with E-state index < -0.39 is 17.7 Å². The highest BCUT2D eigenvalue weighted by molar-refractivity contribution is 6.31. The molecule has 0 amide bonds. The number of nitrogens with zero attached hydrogens (tertiary/aromatic N) is 1. The molecular formula is C25H15ClF3NO3. The molecule has 2 aromatic carbocycles. The minimum atomic E-state index is -4.58. The summed E-state index contributed by atoms with van der Waals surface area (Å²) in [7, 11) is 0. The number of aromatic carboxylic acids is 1. The van der Waals surface area contributed by atoms with Crippen LogP contribution >= 0.6 is 11.6 Å². The molecule has 0 radical (unpaired) electrons. The van der Waals surface area contributed by atoms with Crippen molar-refractivity contribution in [3.8, 4) is 11.3 Å². The van der Waals surface area contributed by atoms with Crippen LogP contribution in [-0.4, -0.2) is 16.1 Å². The number of furan rings is 1. The first kappa shape index (κ1) is 21.3. The van der Waals surface area contributed by atoms with Gasteiger partial charge in [0.05, 0.1) is 27.4 Å². The number of pyridine rings is 1. The first-order chi connectivity index (χ1) is 15.7. The molecule has 0 unspecified atom stereocenters. The Bertz CT molecular complexity index is 1450. The molecule has 0 fully saturated rings. The lowest BCUT2D eigenvalue weighted by atomic mass is 10.0. The molecule has 4 aromatic rings. The molecule has 5 rings (SSSR count). The fraction of sp³-hybridized carbons (Fsp3) is 0.120. The number of hydrogen-bond donors (Lipinski definition) is 1. The van der Waals surface area contributed by atoms with Gasteiger partial charge in [-0.15, -0.1) is 0 Å². The van der Waals surface area contributed by atoms with Gasteiger partial charge in [0, 0.05) is 10.9 Å². The van der Waals surface area contributed by atoms with Gasteiger partial charge in [-0.25, -0.2) is 9.78 Å². The molecule has 0 aliphatic heterocycles. The van der Waals surface area contributed by atoms with E-state index in [4.69, 9.17) is 16.0 Å². The van der Waals surface area contributed by atoms with E-state index in [0.717, 1.165) is 11.6 Å². The third-order valence-electron chi connectivity index (χ3n) is 5.66. The standard InChI is InChI=1S/C25H15ClF3NO3/c26-19-9-6-13(12-18(19)25(27,28)29)21-10-7-15(33-21)11-14-5-8-17-22(24(31)32)16-3-1-2-4-20(16)30-23(14)17/h1-4,6-7,9-12H,5,8H2,(H,31,32)/b14-11+. The zero-order chi connectivity index (χ0) is 23.3. The van der Waals surface area contributed by atoms with E-state index >= 15 is 0 Å². The second kappa shape index (κ2) is 7.78. The van der Waals surface area contributed by atoms with Crippen LogP contribution in [0, 0.1) is 0 Å². The number of para-hydroxylation sites is 1. The summed E-state index contributed by atoms with van der Waals surface area (Å²) in [5, 5.41) is 10.0. The summed E-state index contributed by atoms with van der Waals surface area (Å²) in [5.74, 6) is -0.308. The van der Waals surface area contributed by atoms with Gasteiger partial charge < -0.3 is 9.52 Å². The summed E-state index contributed by atoms with van der Waals surface area (Å²) in [5.41, 5.74) is 2.25. The van der Waals surface area contributed by atoms with Crippen molar-refractivity contribution in [3.05, 3.63) is 87.8 Å². The maximum atomic E-state index is 13.2. The molecule has 0 bridgehead atoms. The Kier molecular flexibility index (Phi) is 5.01. The fourth-order valence-electron chi connectivity index (χ4n) is 4.18. The molecule has 0 saturated carbocycles. The molecule has 0 spiro atoms. The van der Waals surface area contributed by atoms with Crippen LogP contribution in [0.15, 0.2) is 59.0 Å². The monoisotopic (exact) mass is 469 g/mol.